The van der Waals surface area contributed by atoms with Gasteiger partial charge in [0, 0.05) is 6.61 Å². The zero-order chi connectivity index (χ0) is 13.3. The Morgan fingerprint density at radius 1 is 1.17 bits per heavy atom. The maximum absolute atomic E-state index is 10.5. The summed E-state index contributed by atoms with van der Waals surface area (Å²) in [5.41, 5.74) is 2.06. The summed E-state index contributed by atoms with van der Waals surface area (Å²) in [7, 11) is 0. The Hall–Kier alpha value is -0.380. The van der Waals surface area contributed by atoms with Gasteiger partial charge < -0.3 is 15.3 Å². The van der Waals surface area contributed by atoms with Crippen LogP contribution in [0.4, 0.5) is 0 Å². The summed E-state index contributed by atoms with van der Waals surface area (Å²) >= 11 is 0. The Balaban J connectivity index is 2.01. The highest BCUT2D eigenvalue weighted by Gasteiger charge is 2.61. The van der Waals surface area contributed by atoms with Gasteiger partial charge in [-0.15, -0.1) is 0 Å². The standard InChI is InChI=1S/C15H24O3/c1-8-12-11(17)6-15(12,3)10-5-14(2,7-16)4-9(10)13(8)18/h9-11,13,16-18H,4-7H2,1-3H3/t9-,10+,11+,13-,14+,15-/m1/s1. The van der Waals surface area contributed by atoms with Gasteiger partial charge in [0.05, 0.1) is 12.2 Å². The number of hydrogen-bond donors (Lipinski definition) is 3. The summed E-state index contributed by atoms with van der Waals surface area (Å²) in [5.74, 6) is 0.662. The van der Waals surface area contributed by atoms with Crippen molar-refractivity contribution in [3.8, 4) is 0 Å². The summed E-state index contributed by atoms with van der Waals surface area (Å²) in [6, 6.07) is 0. The minimum Gasteiger partial charge on any atom is -0.396 e. The third-order valence-electron chi connectivity index (χ3n) is 6.00. The van der Waals surface area contributed by atoms with Crippen molar-refractivity contribution < 1.29 is 15.3 Å². The summed E-state index contributed by atoms with van der Waals surface area (Å²) in [6.07, 6.45) is 1.89. The van der Waals surface area contributed by atoms with Crippen molar-refractivity contribution in [3.05, 3.63) is 11.1 Å². The molecule has 0 amide bonds. The quantitative estimate of drug-likeness (QED) is 0.619. The van der Waals surface area contributed by atoms with E-state index in [4.69, 9.17) is 0 Å². The Labute approximate surface area is 109 Å². The molecule has 3 heteroatoms. The molecule has 3 rings (SSSR count). The third kappa shape index (κ3) is 1.36. The molecule has 0 saturated heterocycles. The number of rotatable bonds is 1. The van der Waals surface area contributed by atoms with E-state index in [0.29, 0.717) is 5.92 Å². The largest absolute Gasteiger partial charge is 0.396 e. The lowest BCUT2D eigenvalue weighted by Gasteiger charge is -2.57. The monoisotopic (exact) mass is 252 g/mol. The summed E-state index contributed by atoms with van der Waals surface area (Å²) in [6.45, 7) is 6.50. The highest BCUT2D eigenvalue weighted by atomic mass is 16.3. The molecule has 3 N–H and O–H groups in total. The van der Waals surface area contributed by atoms with Crippen molar-refractivity contribution in [2.45, 2.75) is 52.2 Å². The van der Waals surface area contributed by atoms with E-state index in [1.54, 1.807) is 0 Å². The van der Waals surface area contributed by atoms with Gasteiger partial charge in [-0.1, -0.05) is 13.8 Å². The normalized spacial score (nSPS) is 55.0. The lowest BCUT2D eigenvalue weighted by atomic mass is 9.50. The van der Waals surface area contributed by atoms with Crippen LogP contribution >= 0.6 is 0 Å². The topological polar surface area (TPSA) is 60.7 Å². The molecule has 0 aliphatic heterocycles. The zero-order valence-corrected chi connectivity index (χ0v) is 11.5. The van der Waals surface area contributed by atoms with Crippen LogP contribution in [0, 0.1) is 22.7 Å². The van der Waals surface area contributed by atoms with Gasteiger partial charge in [-0.25, -0.2) is 0 Å². The second-order valence-corrected chi connectivity index (χ2v) is 7.33. The third-order valence-corrected chi connectivity index (χ3v) is 6.00. The Morgan fingerprint density at radius 2 is 1.83 bits per heavy atom. The highest BCUT2D eigenvalue weighted by molar-refractivity contribution is 5.40. The molecule has 0 spiro atoms. The van der Waals surface area contributed by atoms with Crippen LogP contribution in [0.5, 0.6) is 0 Å². The highest BCUT2D eigenvalue weighted by Crippen LogP contribution is 2.66. The molecular formula is C15H24O3. The van der Waals surface area contributed by atoms with Crippen LogP contribution in [0.15, 0.2) is 11.1 Å². The molecule has 0 aromatic carbocycles. The van der Waals surface area contributed by atoms with Crippen molar-refractivity contribution in [1.82, 2.24) is 0 Å². The summed E-state index contributed by atoms with van der Waals surface area (Å²) in [4.78, 5) is 0. The van der Waals surface area contributed by atoms with E-state index in [1.165, 1.54) is 0 Å². The molecular weight excluding hydrogens is 228 g/mol. The van der Waals surface area contributed by atoms with E-state index in [1.807, 2.05) is 6.92 Å². The number of aliphatic hydroxyl groups excluding tert-OH is 3. The van der Waals surface area contributed by atoms with E-state index in [0.717, 1.165) is 30.4 Å². The maximum Gasteiger partial charge on any atom is 0.0782 e. The van der Waals surface area contributed by atoms with E-state index in [-0.39, 0.29) is 29.5 Å². The molecule has 3 aliphatic rings. The van der Waals surface area contributed by atoms with Crippen LogP contribution in [0.2, 0.25) is 0 Å². The van der Waals surface area contributed by atoms with Crippen molar-refractivity contribution in [2.24, 2.45) is 22.7 Å². The molecule has 18 heavy (non-hydrogen) atoms. The van der Waals surface area contributed by atoms with Crippen molar-refractivity contribution in [1.29, 1.82) is 0 Å². The Morgan fingerprint density at radius 3 is 2.39 bits per heavy atom. The second kappa shape index (κ2) is 3.59. The number of aliphatic hydroxyl groups is 3. The average Bonchev–Trinajstić information content (AvgIpc) is 2.66. The van der Waals surface area contributed by atoms with E-state index in [9.17, 15) is 15.3 Å². The fraction of sp³-hybridized carbons (Fsp3) is 0.867. The van der Waals surface area contributed by atoms with Crippen molar-refractivity contribution in [3.63, 3.8) is 0 Å². The average molecular weight is 252 g/mol. The van der Waals surface area contributed by atoms with Crippen molar-refractivity contribution in [2.75, 3.05) is 6.61 Å². The van der Waals surface area contributed by atoms with E-state index in [2.05, 4.69) is 13.8 Å². The summed E-state index contributed by atoms with van der Waals surface area (Å²) in [5, 5.41) is 30.1. The van der Waals surface area contributed by atoms with Crippen LogP contribution in [0.1, 0.15) is 40.0 Å². The van der Waals surface area contributed by atoms with Gasteiger partial charge in [-0.2, -0.15) is 0 Å². The minimum absolute atomic E-state index is 0.0559. The van der Waals surface area contributed by atoms with Crippen LogP contribution in [-0.4, -0.2) is 34.1 Å². The van der Waals surface area contributed by atoms with Gasteiger partial charge in [-0.3, -0.25) is 0 Å². The fourth-order valence-corrected chi connectivity index (χ4v) is 5.04. The number of hydrogen-bond acceptors (Lipinski definition) is 3. The molecule has 0 aromatic heterocycles. The van der Waals surface area contributed by atoms with Gasteiger partial charge in [0.1, 0.15) is 0 Å². The molecule has 0 radical (unpaired) electrons. The van der Waals surface area contributed by atoms with Crippen molar-refractivity contribution >= 4 is 0 Å². The Bertz CT molecular complexity index is 416. The second-order valence-electron chi connectivity index (χ2n) is 7.33. The first kappa shape index (κ1) is 12.6. The molecule has 2 fully saturated rings. The first-order chi connectivity index (χ1) is 8.32. The molecule has 102 valence electrons. The smallest absolute Gasteiger partial charge is 0.0782 e. The van der Waals surface area contributed by atoms with E-state index < -0.39 is 6.10 Å². The fourth-order valence-electron chi connectivity index (χ4n) is 5.04. The van der Waals surface area contributed by atoms with Gasteiger partial charge in [0.2, 0.25) is 0 Å². The molecule has 0 bridgehead atoms. The number of fused-ring (bicyclic) bond motifs is 3. The lowest BCUT2D eigenvalue weighted by Crippen LogP contribution is -2.54. The van der Waals surface area contributed by atoms with Crippen LogP contribution in [0.25, 0.3) is 0 Å². The molecule has 0 heterocycles. The van der Waals surface area contributed by atoms with Gasteiger partial charge in [-0.05, 0) is 60.0 Å². The van der Waals surface area contributed by atoms with Crippen LogP contribution in [-0.2, 0) is 0 Å². The molecule has 2 saturated carbocycles. The van der Waals surface area contributed by atoms with Gasteiger partial charge in [0.15, 0.2) is 0 Å². The van der Waals surface area contributed by atoms with Gasteiger partial charge >= 0.3 is 0 Å². The van der Waals surface area contributed by atoms with Gasteiger partial charge in [0.25, 0.3) is 0 Å². The molecule has 6 atom stereocenters. The minimum atomic E-state index is -0.429. The first-order valence-electron chi connectivity index (χ1n) is 7.00. The molecule has 0 unspecified atom stereocenters. The SMILES string of the molecule is CC1=C2[C@@H](O)C[C@]2(C)[C@H]2C[C@@](C)(CO)C[C@H]2[C@@H]1O. The lowest BCUT2D eigenvalue weighted by molar-refractivity contribution is -0.0410. The molecule has 0 aromatic rings. The Kier molecular flexibility index (Phi) is 2.52. The first-order valence-corrected chi connectivity index (χ1v) is 7.00. The predicted molar refractivity (Wildman–Crippen MR) is 68.8 cm³/mol. The zero-order valence-electron chi connectivity index (χ0n) is 11.5. The predicted octanol–water partition coefficient (Wildman–Crippen LogP) is 1.47. The molecule has 3 aliphatic carbocycles. The summed E-state index contributed by atoms with van der Waals surface area (Å²) < 4.78 is 0. The van der Waals surface area contributed by atoms with Crippen LogP contribution < -0.4 is 0 Å². The maximum atomic E-state index is 10.5. The van der Waals surface area contributed by atoms with E-state index >= 15 is 0 Å². The molecule has 3 nitrogen and oxygen atoms in total. The van der Waals surface area contributed by atoms with Crippen LogP contribution in [0.3, 0.4) is 0 Å².